The molecule has 1 amide bonds. The van der Waals surface area contributed by atoms with Crippen LogP contribution >= 0.6 is 0 Å². The summed E-state index contributed by atoms with van der Waals surface area (Å²) in [5.41, 5.74) is 0.363. The molecule has 1 aliphatic rings. The summed E-state index contributed by atoms with van der Waals surface area (Å²) in [5, 5.41) is 13.3. The lowest BCUT2D eigenvalue weighted by Gasteiger charge is -2.23. The fourth-order valence-electron chi connectivity index (χ4n) is 3.10. The maximum absolute atomic E-state index is 12.4. The Kier molecular flexibility index (Phi) is 5.78. The van der Waals surface area contributed by atoms with E-state index in [2.05, 4.69) is 32.4 Å². The molecule has 0 unspecified atom stereocenters. The molecule has 2 heterocycles. The molecule has 1 fully saturated rings. The molecule has 2 aromatic rings. The van der Waals surface area contributed by atoms with Gasteiger partial charge in [-0.25, -0.2) is 0 Å². The van der Waals surface area contributed by atoms with Crippen LogP contribution < -0.4 is 10.2 Å². The number of benzene rings is 1. The number of carbonyl (C=O) groups is 1. The second kappa shape index (κ2) is 8.22. The highest BCUT2D eigenvalue weighted by molar-refractivity contribution is 6.07. The number of carbonyl (C=O) groups excluding carboxylic acids is 1. The number of likely N-dealkylation sites (N-methyl/N-ethyl adjacent to an activating group) is 1. The van der Waals surface area contributed by atoms with Gasteiger partial charge >= 0.3 is 0 Å². The number of aromatic nitrogens is 2. The summed E-state index contributed by atoms with van der Waals surface area (Å²) in [4.78, 5) is 17.0. The van der Waals surface area contributed by atoms with Gasteiger partial charge in [0.1, 0.15) is 0 Å². The minimum absolute atomic E-state index is 0.220. The number of anilines is 1. The number of rotatable bonds is 5. The van der Waals surface area contributed by atoms with Crippen molar-refractivity contribution in [3.8, 4) is 0 Å². The van der Waals surface area contributed by atoms with E-state index in [1.807, 2.05) is 24.3 Å². The Morgan fingerprint density at radius 3 is 2.76 bits per heavy atom. The zero-order valence-electron chi connectivity index (χ0n) is 14.9. The van der Waals surface area contributed by atoms with Gasteiger partial charge in [0.25, 0.3) is 5.91 Å². The van der Waals surface area contributed by atoms with Crippen LogP contribution in [0.2, 0.25) is 0 Å². The van der Waals surface area contributed by atoms with Crippen molar-refractivity contribution >= 4 is 22.5 Å². The Morgan fingerprint density at radius 1 is 1.16 bits per heavy atom. The summed E-state index contributed by atoms with van der Waals surface area (Å²) >= 11 is 0. The molecule has 0 saturated carbocycles. The first-order chi connectivity index (χ1) is 12.2. The molecule has 1 aromatic carbocycles. The Balaban J connectivity index is 1.92. The largest absolute Gasteiger partial charge is 0.383 e. The number of methoxy groups -OCH3 is 1. The van der Waals surface area contributed by atoms with Crippen molar-refractivity contribution in [1.29, 1.82) is 0 Å². The van der Waals surface area contributed by atoms with E-state index in [9.17, 15) is 4.79 Å². The highest BCUT2D eigenvalue weighted by Crippen LogP contribution is 2.26. The van der Waals surface area contributed by atoms with Gasteiger partial charge in [0.2, 0.25) is 0 Å². The van der Waals surface area contributed by atoms with Crippen molar-refractivity contribution < 1.29 is 9.53 Å². The molecule has 1 saturated heterocycles. The van der Waals surface area contributed by atoms with Crippen LogP contribution in [0.3, 0.4) is 0 Å². The summed E-state index contributed by atoms with van der Waals surface area (Å²) in [6.45, 7) is 4.86. The number of ether oxygens (including phenoxy) is 1. The average molecular weight is 343 g/mol. The molecule has 0 aliphatic carbocycles. The molecule has 0 atom stereocenters. The van der Waals surface area contributed by atoms with Crippen molar-refractivity contribution in [2.75, 3.05) is 58.4 Å². The van der Waals surface area contributed by atoms with Gasteiger partial charge in [-0.15, -0.1) is 10.2 Å². The lowest BCUT2D eigenvalue weighted by atomic mass is 10.1. The predicted molar refractivity (Wildman–Crippen MR) is 98.1 cm³/mol. The Bertz CT molecular complexity index is 736. The highest BCUT2D eigenvalue weighted by atomic mass is 16.5. The topological polar surface area (TPSA) is 70.6 Å². The van der Waals surface area contributed by atoms with E-state index in [1.54, 1.807) is 7.11 Å². The first-order valence-electron chi connectivity index (χ1n) is 8.66. The standard InChI is InChI=1S/C18H25N5O2/c1-22-9-5-10-23(12-11-22)17-15-7-4-3-6-14(15)16(20-21-17)18(24)19-8-13-25-2/h3-4,6-7H,5,8-13H2,1-2H3,(H,19,24). The van der Waals surface area contributed by atoms with E-state index in [-0.39, 0.29) is 5.91 Å². The van der Waals surface area contributed by atoms with Crippen LogP contribution in [0.4, 0.5) is 5.82 Å². The second-order valence-corrected chi connectivity index (χ2v) is 6.31. The zero-order chi connectivity index (χ0) is 17.6. The van der Waals surface area contributed by atoms with E-state index in [0.29, 0.717) is 18.8 Å². The molecule has 1 aliphatic heterocycles. The number of fused-ring (bicyclic) bond motifs is 1. The van der Waals surface area contributed by atoms with Gasteiger partial charge in [-0.1, -0.05) is 24.3 Å². The monoisotopic (exact) mass is 343 g/mol. The second-order valence-electron chi connectivity index (χ2n) is 6.31. The minimum atomic E-state index is -0.220. The van der Waals surface area contributed by atoms with Gasteiger partial charge in [0.05, 0.1) is 6.61 Å². The van der Waals surface area contributed by atoms with E-state index in [1.165, 1.54) is 0 Å². The quantitative estimate of drug-likeness (QED) is 0.821. The maximum atomic E-state index is 12.4. The van der Waals surface area contributed by atoms with Crippen LogP contribution in [0.1, 0.15) is 16.9 Å². The van der Waals surface area contributed by atoms with E-state index < -0.39 is 0 Å². The van der Waals surface area contributed by atoms with Crippen LogP contribution in [0.25, 0.3) is 10.8 Å². The van der Waals surface area contributed by atoms with Gasteiger partial charge < -0.3 is 19.9 Å². The molecule has 0 radical (unpaired) electrons. The molecular formula is C18H25N5O2. The minimum Gasteiger partial charge on any atom is -0.383 e. The van der Waals surface area contributed by atoms with Gasteiger partial charge in [-0.05, 0) is 20.0 Å². The van der Waals surface area contributed by atoms with Crippen molar-refractivity contribution in [1.82, 2.24) is 20.4 Å². The van der Waals surface area contributed by atoms with Crippen molar-refractivity contribution in [3.05, 3.63) is 30.0 Å². The molecule has 7 nitrogen and oxygen atoms in total. The summed E-state index contributed by atoms with van der Waals surface area (Å²) in [5.74, 6) is 0.641. The van der Waals surface area contributed by atoms with Crippen LogP contribution in [0.5, 0.6) is 0 Å². The van der Waals surface area contributed by atoms with Gasteiger partial charge in [0.15, 0.2) is 11.5 Å². The van der Waals surface area contributed by atoms with Gasteiger partial charge in [-0.2, -0.15) is 0 Å². The maximum Gasteiger partial charge on any atom is 0.272 e. The lowest BCUT2D eigenvalue weighted by Crippen LogP contribution is -2.31. The van der Waals surface area contributed by atoms with Crippen molar-refractivity contribution in [2.45, 2.75) is 6.42 Å². The van der Waals surface area contributed by atoms with E-state index in [0.717, 1.165) is 49.2 Å². The normalized spacial score (nSPS) is 16.0. The third-order valence-electron chi connectivity index (χ3n) is 4.49. The van der Waals surface area contributed by atoms with Crippen LogP contribution in [0.15, 0.2) is 24.3 Å². The van der Waals surface area contributed by atoms with Crippen LogP contribution in [-0.2, 0) is 4.74 Å². The summed E-state index contributed by atoms with van der Waals surface area (Å²) in [6.07, 6.45) is 1.09. The van der Waals surface area contributed by atoms with Gasteiger partial charge in [-0.3, -0.25) is 4.79 Å². The summed E-state index contributed by atoms with van der Waals surface area (Å²) in [6, 6.07) is 7.85. The van der Waals surface area contributed by atoms with Crippen LogP contribution in [0, 0.1) is 0 Å². The number of amides is 1. The molecule has 0 spiro atoms. The zero-order valence-corrected chi connectivity index (χ0v) is 14.9. The average Bonchev–Trinajstić information content (AvgIpc) is 2.85. The molecule has 25 heavy (non-hydrogen) atoms. The van der Waals surface area contributed by atoms with Crippen molar-refractivity contribution in [3.63, 3.8) is 0 Å². The number of hydrogen-bond donors (Lipinski definition) is 1. The first-order valence-corrected chi connectivity index (χ1v) is 8.66. The van der Waals surface area contributed by atoms with Crippen LogP contribution in [-0.4, -0.2) is 74.5 Å². The Hall–Kier alpha value is -2.25. The number of hydrogen-bond acceptors (Lipinski definition) is 6. The van der Waals surface area contributed by atoms with E-state index in [4.69, 9.17) is 4.74 Å². The van der Waals surface area contributed by atoms with Gasteiger partial charge in [0, 0.05) is 44.1 Å². The first kappa shape index (κ1) is 17.6. The molecular weight excluding hydrogens is 318 g/mol. The molecule has 1 N–H and O–H groups in total. The fraction of sp³-hybridized carbons (Fsp3) is 0.500. The third kappa shape index (κ3) is 4.05. The molecule has 134 valence electrons. The number of nitrogens with zero attached hydrogens (tertiary/aromatic N) is 4. The summed E-state index contributed by atoms with van der Waals surface area (Å²) in [7, 11) is 3.75. The molecule has 3 rings (SSSR count). The number of nitrogens with one attached hydrogen (secondary N) is 1. The fourth-order valence-corrected chi connectivity index (χ4v) is 3.10. The predicted octanol–water partition coefficient (Wildman–Crippen LogP) is 1.15. The smallest absolute Gasteiger partial charge is 0.272 e. The Labute approximate surface area is 148 Å². The lowest BCUT2D eigenvalue weighted by molar-refractivity contribution is 0.0933. The van der Waals surface area contributed by atoms with Crippen molar-refractivity contribution in [2.24, 2.45) is 0 Å². The Morgan fingerprint density at radius 2 is 1.96 bits per heavy atom. The molecule has 7 heteroatoms. The summed E-state index contributed by atoms with van der Waals surface area (Å²) < 4.78 is 4.97. The molecule has 0 bridgehead atoms. The third-order valence-corrected chi connectivity index (χ3v) is 4.49. The molecule has 1 aromatic heterocycles. The SMILES string of the molecule is COCCNC(=O)c1nnc(N2CCCN(C)CC2)c2ccccc12. The highest BCUT2D eigenvalue weighted by Gasteiger charge is 2.20. The van der Waals surface area contributed by atoms with E-state index >= 15 is 0 Å².